The van der Waals surface area contributed by atoms with E-state index in [9.17, 15) is 15.0 Å². The van der Waals surface area contributed by atoms with Gasteiger partial charge in [0, 0.05) is 6.54 Å². The molecule has 3 aromatic rings. The molecule has 2 N–H and O–H groups in total. The van der Waals surface area contributed by atoms with Crippen molar-refractivity contribution in [1.82, 2.24) is 19.7 Å². The molecule has 3 rings (SSSR count). The Morgan fingerprint density at radius 2 is 1.96 bits per heavy atom. The number of amides is 1. The third kappa shape index (κ3) is 3.75. The summed E-state index contributed by atoms with van der Waals surface area (Å²) in [4.78, 5) is 21.9. The molecule has 0 bridgehead atoms. The number of para-hydroxylation sites is 1. The van der Waals surface area contributed by atoms with Gasteiger partial charge in [0.1, 0.15) is 16.6 Å². The second kappa shape index (κ2) is 7.32. The summed E-state index contributed by atoms with van der Waals surface area (Å²) in [5.41, 5.74) is 0.324. The molecule has 0 saturated carbocycles. The van der Waals surface area contributed by atoms with Gasteiger partial charge in [-0.25, -0.2) is 19.4 Å². The van der Waals surface area contributed by atoms with E-state index in [1.54, 1.807) is 18.5 Å². The fourth-order valence-electron chi connectivity index (χ4n) is 2.76. The van der Waals surface area contributed by atoms with Crippen LogP contribution in [0.15, 0.2) is 36.5 Å². The number of anilines is 1. The fourth-order valence-corrected chi connectivity index (χ4v) is 2.76. The van der Waals surface area contributed by atoms with E-state index in [-0.39, 0.29) is 5.82 Å². The maximum absolute atomic E-state index is 12.0. The minimum absolute atomic E-state index is 0.213. The van der Waals surface area contributed by atoms with Crippen molar-refractivity contribution < 1.29 is 15.0 Å². The topological polar surface area (TPSA) is 104 Å². The molecule has 0 aliphatic heterocycles. The van der Waals surface area contributed by atoms with Crippen molar-refractivity contribution in [2.75, 3.05) is 11.4 Å². The summed E-state index contributed by atoms with van der Waals surface area (Å²) in [5.74, 6) is 0.565. The van der Waals surface area contributed by atoms with E-state index >= 15 is 0 Å². The van der Waals surface area contributed by atoms with Crippen LogP contribution in [0.5, 0.6) is 0 Å². The van der Waals surface area contributed by atoms with Gasteiger partial charge in [-0.3, -0.25) is 4.90 Å². The van der Waals surface area contributed by atoms with Gasteiger partial charge in [0.25, 0.3) is 0 Å². The molecule has 0 fully saturated rings. The Morgan fingerprint density at radius 3 is 2.56 bits per heavy atom. The molecule has 8 nitrogen and oxygen atoms in total. The van der Waals surface area contributed by atoms with Crippen LogP contribution in [0.3, 0.4) is 0 Å². The lowest BCUT2D eigenvalue weighted by molar-refractivity contribution is 0.0691. The van der Waals surface area contributed by atoms with E-state index in [0.29, 0.717) is 29.8 Å². The normalized spacial score (nSPS) is 11.7. The van der Waals surface area contributed by atoms with Gasteiger partial charge in [-0.2, -0.15) is 5.10 Å². The van der Waals surface area contributed by atoms with Crippen molar-refractivity contribution in [2.45, 2.75) is 39.2 Å². The Balaban J connectivity index is 2.28. The first-order valence-corrected chi connectivity index (χ1v) is 8.87. The average Bonchev–Trinajstić information content (AvgIpc) is 3.00. The Morgan fingerprint density at radius 1 is 1.26 bits per heavy atom. The van der Waals surface area contributed by atoms with E-state index in [1.807, 2.05) is 37.3 Å². The highest BCUT2D eigenvalue weighted by Gasteiger charge is 2.27. The number of fused-ring (bicyclic) bond motifs is 1. The Bertz CT molecular complexity index is 947. The molecule has 1 aromatic carbocycles. The minimum Gasteiger partial charge on any atom is -0.465 e. The number of aromatic nitrogens is 4. The predicted molar refractivity (Wildman–Crippen MR) is 102 cm³/mol. The third-order valence-electron chi connectivity index (χ3n) is 4.16. The zero-order valence-electron chi connectivity index (χ0n) is 15.6. The van der Waals surface area contributed by atoms with Crippen molar-refractivity contribution in [3.8, 4) is 5.69 Å². The van der Waals surface area contributed by atoms with Gasteiger partial charge in [-0.15, -0.1) is 0 Å². The van der Waals surface area contributed by atoms with Gasteiger partial charge in [-0.05, 0) is 32.4 Å². The maximum atomic E-state index is 12.0. The van der Waals surface area contributed by atoms with Crippen LogP contribution >= 0.6 is 0 Å². The quantitative estimate of drug-likeness (QED) is 0.691. The highest BCUT2D eigenvalue weighted by molar-refractivity contribution is 5.96. The molecule has 8 heteroatoms. The number of hydrogen-bond donors (Lipinski definition) is 2. The number of carbonyl (C=O) groups is 1. The zero-order valence-corrected chi connectivity index (χ0v) is 15.6. The fraction of sp³-hybridized carbons (Fsp3) is 0.368. The van der Waals surface area contributed by atoms with Crippen LogP contribution in [0.4, 0.5) is 10.6 Å². The van der Waals surface area contributed by atoms with Crippen LogP contribution in [-0.2, 0) is 5.60 Å². The number of nitrogens with zero attached hydrogens (tertiary/aromatic N) is 5. The summed E-state index contributed by atoms with van der Waals surface area (Å²) in [6, 6.07) is 9.29. The number of unbranched alkanes of at least 4 members (excludes halogenated alkanes) is 1. The smallest absolute Gasteiger partial charge is 0.413 e. The first-order valence-electron chi connectivity index (χ1n) is 8.87. The molecular weight excluding hydrogens is 346 g/mol. The molecule has 0 atom stereocenters. The van der Waals surface area contributed by atoms with Gasteiger partial charge in [0.05, 0.1) is 11.9 Å². The van der Waals surface area contributed by atoms with Crippen LogP contribution < -0.4 is 4.90 Å². The number of hydrogen-bond acceptors (Lipinski definition) is 5. The highest BCUT2D eigenvalue weighted by Crippen LogP contribution is 2.30. The van der Waals surface area contributed by atoms with Crippen LogP contribution in [0.25, 0.3) is 16.7 Å². The molecule has 2 heterocycles. The molecule has 1 amide bonds. The Kier molecular flexibility index (Phi) is 5.09. The minimum atomic E-state index is -1.25. The maximum Gasteiger partial charge on any atom is 0.413 e. The molecule has 0 aliphatic rings. The summed E-state index contributed by atoms with van der Waals surface area (Å²) in [6.07, 6.45) is 1.99. The van der Waals surface area contributed by atoms with Gasteiger partial charge >= 0.3 is 6.09 Å². The summed E-state index contributed by atoms with van der Waals surface area (Å²) in [7, 11) is 0. The van der Waals surface area contributed by atoms with E-state index in [4.69, 9.17) is 0 Å². The van der Waals surface area contributed by atoms with Gasteiger partial charge in [0.2, 0.25) is 0 Å². The largest absolute Gasteiger partial charge is 0.465 e. The molecule has 0 spiro atoms. The highest BCUT2D eigenvalue weighted by atomic mass is 16.4. The van der Waals surface area contributed by atoms with Crippen molar-refractivity contribution in [3.63, 3.8) is 0 Å². The molecule has 0 aliphatic carbocycles. The summed E-state index contributed by atoms with van der Waals surface area (Å²) in [6.45, 7) is 5.49. The van der Waals surface area contributed by atoms with E-state index in [2.05, 4.69) is 15.1 Å². The Hall–Kier alpha value is -3.00. The standard InChI is InChI=1S/C19H23N5O3/c1-4-5-11-23(18(25)26)16-15-14(12-20-17(21-15)19(2,3)27)22-24(16)13-9-7-6-8-10-13/h6-10,12,27H,4-5,11H2,1-3H3,(H,25,26). The van der Waals surface area contributed by atoms with Crippen molar-refractivity contribution >= 4 is 22.9 Å². The number of carboxylic acid groups (broad SMARTS) is 1. The number of benzene rings is 1. The van der Waals surface area contributed by atoms with Gasteiger partial charge in [0.15, 0.2) is 11.6 Å². The summed E-state index contributed by atoms with van der Waals surface area (Å²) >= 11 is 0. The molecular formula is C19H23N5O3. The van der Waals surface area contributed by atoms with Gasteiger partial charge < -0.3 is 10.2 Å². The lowest BCUT2D eigenvalue weighted by Crippen LogP contribution is -2.32. The van der Waals surface area contributed by atoms with Crippen LogP contribution in [-0.4, -0.2) is 42.6 Å². The molecule has 2 aromatic heterocycles. The van der Waals surface area contributed by atoms with Crippen LogP contribution in [0, 0.1) is 0 Å². The number of aliphatic hydroxyl groups is 1. The first-order chi connectivity index (χ1) is 12.8. The Labute approximate surface area is 157 Å². The predicted octanol–water partition coefficient (Wildman–Crippen LogP) is 3.33. The van der Waals surface area contributed by atoms with E-state index in [0.717, 1.165) is 12.1 Å². The monoisotopic (exact) mass is 369 g/mol. The SMILES string of the molecule is CCCCN(C(=O)O)c1c2nc(C(C)(C)O)ncc2nn1-c1ccccc1. The lowest BCUT2D eigenvalue weighted by atomic mass is 10.1. The summed E-state index contributed by atoms with van der Waals surface area (Å²) in [5, 5.41) is 24.6. The van der Waals surface area contributed by atoms with Crippen molar-refractivity contribution in [2.24, 2.45) is 0 Å². The zero-order chi connectivity index (χ0) is 19.6. The first kappa shape index (κ1) is 18.8. The van der Waals surface area contributed by atoms with Gasteiger partial charge in [-0.1, -0.05) is 31.5 Å². The van der Waals surface area contributed by atoms with Crippen LogP contribution in [0.2, 0.25) is 0 Å². The molecule has 142 valence electrons. The molecule has 0 radical (unpaired) electrons. The molecule has 27 heavy (non-hydrogen) atoms. The number of rotatable bonds is 6. The summed E-state index contributed by atoms with van der Waals surface area (Å²) < 4.78 is 1.57. The third-order valence-corrected chi connectivity index (χ3v) is 4.16. The second-order valence-electron chi connectivity index (χ2n) is 6.85. The molecule has 0 saturated heterocycles. The molecule has 0 unspecified atom stereocenters. The van der Waals surface area contributed by atoms with E-state index < -0.39 is 11.7 Å². The lowest BCUT2D eigenvalue weighted by Gasteiger charge is -2.21. The van der Waals surface area contributed by atoms with Crippen molar-refractivity contribution in [1.29, 1.82) is 0 Å². The van der Waals surface area contributed by atoms with Crippen molar-refractivity contribution in [3.05, 3.63) is 42.4 Å². The van der Waals surface area contributed by atoms with E-state index in [1.165, 1.54) is 11.1 Å². The average molecular weight is 369 g/mol. The van der Waals surface area contributed by atoms with Crippen LogP contribution in [0.1, 0.15) is 39.4 Å². The second-order valence-corrected chi connectivity index (χ2v) is 6.85.